The molecule has 1 aliphatic rings. The Morgan fingerprint density at radius 3 is 2.69 bits per heavy atom. The van der Waals surface area contributed by atoms with Crippen molar-refractivity contribution < 1.29 is 9.59 Å². The Balaban J connectivity index is 1.93. The van der Waals surface area contributed by atoms with Gasteiger partial charge < -0.3 is 10.2 Å². The van der Waals surface area contributed by atoms with E-state index in [0.717, 1.165) is 0 Å². The van der Waals surface area contributed by atoms with Crippen molar-refractivity contribution in [1.82, 2.24) is 10.2 Å². The zero-order chi connectivity index (χ0) is 18.6. The number of rotatable bonds is 6. The highest BCUT2D eigenvalue weighted by Gasteiger charge is 2.45. The van der Waals surface area contributed by atoms with E-state index in [1.165, 1.54) is 16.0 Å². The molecule has 3 rings (SSSR count). The number of benzene rings is 1. The monoisotopic (exact) mass is 370 g/mol. The van der Waals surface area contributed by atoms with Crippen molar-refractivity contribution in [2.45, 2.75) is 33.1 Å². The first-order chi connectivity index (χ1) is 12.6. The smallest absolute Gasteiger partial charge is 0.228 e. The third kappa shape index (κ3) is 3.68. The van der Waals surface area contributed by atoms with Gasteiger partial charge in [0.2, 0.25) is 11.8 Å². The third-order valence-electron chi connectivity index (χ3n) is 5.16. The first kappa shape index (κ1) is 18.6. The largest absolute Gasteiger partial charge is 0.356 e. The zero-order valence-corrected chi connectivity index (χ0v) is 16.3. The van der Waals surface area contributed by atoms with Crippen molar-refractivity contribution in [1.29, 1.82) is 0 Å². The van der Waals surface area contributed by atoms with Crippen LogP contribution in [-0.4, -0.2) is 36.3 Å². The number of nitrogens with one attached hydrogen (secondary N) is 1. The molecule has 0 saturated carbocycles. The predicted molar refractivity (Wildman–Crippen MR) is 106 cm³/mol. The lowest BCUT2D eigenvalue weighted by Gasteiger charge is -2.29. The van der Waals surface area contributed by atoms with Gasteiger partial charge in [0.15, 0.2) is 0 Å². The van der Waals surface area contributed by atoms with Crippen molar-refractivity contribution >= 4 is 23.2 Å². The Morgan fingerprint density at radius 1 is 1.19 bits per heavy atom. The summed E-state index contributed by atoms with van der Waals surface area (Å²) in [6.45, 7) is 5.58. The Bertz CT molecular complexity index is 772. The fourth-order valence-electron chi connectivity index (χ4n) is 3.78. The molecule has 26 heavy (non-hydrogen) atoms. The van der Waals surface area contributed by atoms with Crippen molar-refractivity contribution in [3.8, 4) is 10.4 Å². The molecule has 1 saturated heterocycles. The summed E-state index contributed by atoms with van der Waals surface area (Å²) in [5.74, 6) is 0.190. The van der Waals surface area contributed by atoms with E-state index in [0.29, 0.717) is 38.9 Å². The van der Waals surface area contributed by atoms with Gasteiger partial charge in [-0.2, -0.15) is 0 Å². The van der Waals surface area contributed by atoms with Crippen molar-refractivity contribution in [2.75, 3.05) is 19.6 Å². The van der Waals surface area contributed by atoms with Gasteiger partial charge in [0, 0.05) is 30.9 Å². The Hall–Kier alpha value is -2.14. The number of carbonyl (C=O) groups is 2. The lowest BCUT2D eigenvalue weighted by molar-refractivity contribution is -0.133. The number of likely N-dealkylation sites (tertiary alicyclic amines) is 1. The Labute approximate surface area is 159 Å². The highest BCUT2D eigenvalue weighted by Crippen LogP contribution is 2.38. The van der Waals surface area contributed by atoms with Crippen LogP contribution in [0.1, 0.15) is 32.3 Å². The molecule has 138 valence electrons. The first-order valence-corrected chi connectivity index (χ1v) is 10.2. The fourth-order valence-corrected chi connectivity index (χ4v) is 4.57. The maximum atomic E-state index is 13.0. The minimum absolute atomic E-state index is 0.0624. The molecule has 1 fully saturated rings. The van der Waals surface area contributed by atoms with Crippen molar-refractivity contribution in [3.05, 3.63) is 47.3 Å². The molecule has 0 spiro atoms. The summed E-state index contributed by atoms with van der Waals surface area (Å²) in [5, 5.41) is 5.08. The van der Waals surface area contributed by atoms with Crippen LogP contribution >= 0.6 is 11.3 Å². The SMILES string of the molecule is CCNC(=O)C1(Cc2ccccc2-c2cccs2)CCN(C(=O)CC)C1. The van der Waals surface area contributed by atoms with Crippen LogP contribution in [0.2, 0.25) is 0 Å². The summed E-state index contributed by atoms with van der Waals surface area (Å²) in [5.41, 5.74) is 1.81. The van der Waals surface area contributed by atoms with Crippen molar-refractivity contribution in [2.24, 2.45) is 5.41 Å². The normalized spacial score (nSPS) is 19.5. The van der Waals surface area contributed by atoms with Crippen LogP contribution in [0.15, 0.2) is 41.8 Å². The molecule has 2 amide bonds. The number of thiophene rings is 1. The minimum atomic E-state index is -0.547. The van der Waals surface area contributed by atoms with Gasteiger partial charge in [0.05, 0.1) is 5.41 Å². The van der Waals surface area contributed by atoms with Crippen LogP contribution in [0, 0.1) is 5.41 Å². The molecule has 0 aliphatic carbocycles. The van der Waals surface area contributed by atoms with E-state index in [1.807, 2.05) is 36.9 Å². The predicted octanol–water partition coefficient (Wildman–Crippen LogP) is 3.72. The Kier molecular flexibility index (Phi) is 5.77. The second-order valence-corrected chi connectivity index (χ2v) is 7.82. The van der Waals surface area contributed by atoms with E-state index in [1.54, 1.807) is 11.3 Å². The topological polar surface area (TPSA) is 49.4 Å². The molecule has 5 heteroatoms. The van der Waals surface area contributed by atoms with Gasteiger partial charge in [-0.1, -0.05) is 37.3 Å². The van der Waals surface area contributed by atoms with Crippen LogP contribution in [0.4, 0.5) is 0 Å². The van der Waals surface area contributed by atoms with E-state index in [9.17, 15) is 9.59 Å². The second kappa shape index (κ2) is 8.04. The lowest BCUT2D eigenvalue weighted by Crippen LogP contribution is -2.45. The lowest BCUT2D eigenvalue weighted by atomic mass is 9.78. The van der Waals surface area contributed by atoms with Gasteiger partial charge in [-0.3, -0.25) is 9.59 Å². The number of carbonyl (C=O) groups excluding carboxylic acids is 2. The second-order valence-electron chi connectivity index (χ2n) is 6.87. The molecule has 0 radical (unpaired) electrons. The summed E-state index contributed by atoms with van der Waals surface area (Å²) in [6, 6.07) is 12.5. The van der Waals surface area contributed by atoms with Gasteiger partial charge in [-0.25, -0.2) is 0 Å². The molecule has 1 unspecified atom stereocenters. The van der Waals surface area contributed by atoms with Crippen molar-refractivity contribution in [3.63, 3.8) is 0 Å². The van der Waals surface area contributed by atoms with E-state index in [-0.39, 0.29) is 11.8 Å². The number of hydrogen-bond acceptors (Lipinski definition) is 3. The maximum absolute atomic E-state index is 13.0. The van der Waals surface area contributed by atoms with Crippen LogP contribution in [0.5, 0.6) is 0 Å². The number of hydrogen-bond donors (Lipinski definition) is 1. The highest BCUT2D eigenvalue weighted by molar-refractivity contribution is 7.13. The number of nitrogens with zero attached hydrogens (tertiary/aromatic N) is 1. The molecule has 0 bridgehead atoms. The third-order valence-corrected chi connectivity index (χ3v) is 6.06. The zero-order valence-electron chi connectivity index (χ0n) is 15.5. The molecular formula is C21H26N2O2S. The summed E-state index contributed by atoms with van der Waals surface area (Å²) < 4.78 is 0. The standard InChI is InChI=1S/C21H26N2O2S/c1-3-19(24)23-12-11-21(15-23,20(25)22-4-2)14-16-8-5-6-9-17(16)18-10-7-13-26-18/h5-10,13H,3-4,11-12,14-15H2,1-2H3,(H,22,25). The summed E-state index contributed by atoms with van der Waals surface area (Å²) in [6.07, 6.45) is 1.85. The van der Waals surface area contributed by atoms with E-state index >= 15 is 0 Å². The average molecular weight is 371 g/mol. The van der Waals surface area contributed by atoms with Gasteiger partial charge in [0.25, 0.3) is 0 Å². The van der Waals surface area contributed by atoms with Crippen LogP contribution in [-0.2, 0) is 16.0 Å². The molecule has 1 aromatic carbocycles. The van der Waals surface area contributed by atoms with Gasteiger partial charge in [0.1, 0.15) is 0 Å². The average Bonchev–Trinajstić information content (AvgIpc) is 3.32. The molecule has 1 atom stereocenters. The quantitative estimate of drug-likeness (QED) is 0.842. The van der Waals surface area contributed by atoms with E-state index < -0.39 is 5.41 Å². The molecular weight excluding hydrogens is 344 g/mol. The molecule has 4 nitrogen and oxygen atoms in total. The maximum Gasteiger partial charge on any atom is 0.228 e. The molecule has 2 aromatic rings. The molecule has 1 N–H and O–H groups in total. The highest BCUT2D eigenvalue weighted by atomic mass is 32.1. The Morgan fingerprint density at radius 2 is 2.00 bits per heavy atom. The molecule has 1 aliphatic heterocycles. The summed E-state index contributed by atoms with van der Waals surface area (Å²) in [7, 11) is 0. The van der Waals surface area contributed by atoms with Gasteiger partial charge in [-0.15, -0.1) is 11.3 Å². The van der Waals surface area contributed by atoms with Gasteiger partial charge in [-0.05, 0) is 42.3 Å². The molecule has 1 aromatic heterocycles. The van der Waals surface area contributed by atoms with Crippen LogP contribution in [0.25, 0.3) is 10.4 Å². The van der Waals surface area contributed by atoms with Crippen LogP contribution in [0.3, 0.4) is 0 Å². The first-order valence-electron chi connectivity index (χ1n) is 9.27. The fraction of sp³-hybridized carbons (Fsp3) is 0.429. The summed E-state index contributed by atoms with van der Waals surface area (Å²) >= 11 is 1.71. The van der Waals surface area contributed by atoms with Gasteiger partial charge >= 0.3 is 0 Å². The van der Waals surface area contributed by atoms with E-state index in [4.69, 9.17) is 0 Å². The number of amides is 2. The minimum Gasteiger partial charge on any atom is -0.356 e. The summed E-state index contributed by atoms with van der Waals surface area (Å²) in [4.78, 5) is 28.2. The van der Waals surface area contributed by atoms with E-state index in [2.05, 4.69) is 28.9 Å². The van der Waals surface area contributed by atoms with Crippen LogP contribution < -0.4 is 5.32 Å². The molecule has 2 heterocycles.